The van der Waals surface area contributed by atoms with Crippen molar-refractivity contribution in [3.8, 4) is 0 Å². The normalized spacial score (nSPS) is 10.1. The van der Waals surface area contributed by atoms with Gasteiger partial charge in [0.05, 0.1) is 0 Å². The first-order chi connectivity index (χ1) is 9.65. The molecule has 2 N–H and O–H groups in total. The molecule has 0 spiro atoms. The van der Waals surface area contributed by atoms with E-state index in [1.165, 1.54) is 11.3 Å². The Labute approximate surface area is 121 Å². The molecule has 5 heteroatoms. The quantitative estimate of drug-likeness (QED) is 0.889. The number of carbonyl (C=O) groups excluding carboxylic acids is 2. The van der Waals surface area contributed by atoms with Gasteiger partial charge in [-0.3, -0.25) is 9.59 Å². The van der Waals surface area contributed by atoms with E-state index in [9.17, 15) is 9.59 Å². The fourth-order valence-corrected chi connectivity index (χ4v) is 2.28. The molecule has 0 saturated heterocycles. The highest BCUT2D eigenvalue weighted by Crippen LogP contribution is 2.09. The molecule has 1 aromatic carbocycles. The zero-order chi connectivity index (χ0) is 14.4. The van der Waals surface area contributed by atoms with Gasteiger partial charge in [0.25, 0.3) is 5.91 Å². The fraction of sp³-hybridized carbons (Fsp3) is 0.200. The van der Waals surface area contributed by atoms with Crippen molar-refractivity contribution in [3.05, 3.63) is 52.2 Å². The summed E-state index contributed by atoms with van der Waals surface area (Å²) in [6.07, 6.45) is 0.254. The second-order valence-electron chi connectivity index (χ2n) is 4.43. The van der Waals surface area contributed by atoms with Gasteiger partial charge in [0, 0.05) is 29.6 Å². The topological polar surface area (TPSA) is 58.2 Å². The lowest BCUT2D eigenvalue weighted by Gasteiger charge is -2.06. The number of amides is 2. The first-order valence-electron chi connectivity index (χ1n) is 6.32. The minimum absolute atomic E-state index is 0.112. The number of hydrogen-bond donors (Lipinski definition) is 2. The summed E-state index contributed by atoms with van der Waals surface area (Å²) in [5, 5.41) is 9.13. The lowest BCUT2D eigenvalue weighted by Crippen LogP contribution is -2.27. The molecule has 2 aromatic rings. The van der Waals surface area contributed by atoms with Crippen molar-refractivity contribution in [2.75, 3.05) is 11.9 Å². The summed E-state index contributed by atoms with van der Waals surface area (Å²) < 4.78 is 0. The van der Waals surface area contributed by atoms with Crippen LogP contribution < -0.4 is 10.6 Å². The summed E-state index contributed by atoms with van der Waals surface area (Å²) in [4.78, 5) is 23.4. The minimum Gasteiger partial charge on any atom is -0.351 e. The summed E-state index contributed by atoms with van der Waals surface area (Å²) in [5.41, 5.74) is 2.55. The van der Waals surface area contributed by atoms with E-state index >= 15 is 0 Å². The molecule has 1 heterocycles. The molecule has 0 aliphatic heterocycles. The zero-order valence-corrected chi connectivity index (χ0v) is 12.0. The summed E-state index contributed by atoms with van der Waals surface area (Å²) in [5.74, 6) is -0.256. The number of hydrogen-bond acceptors (Lipinski definition) is 3. The highest BCUT2D eigenvalue weighted by atomic mass is 32.1. The molecule has 0 aliphatic rings. The van der Waals surface area contributed by atoms with Gasteiger partial charge in [-0.1, -0.05) is 17.7 Å². The highest BCUT2D eigenvalue weighted by molar-refractivity contribution is 7.08. The van der Waals surface area contributed by atoms with Crippen molar-refractivity contribution in [3.63, 3.8) is 0 Å². The summed E-state index contributed by atoms with van der Waals surface area (Å²) in [6.45, 7) is 2.32. The molecule has 0 unspecified atom stereocenters. The number of anilines is 1. The molecule has 0 saturated carbocycles. The average Bonchev–Trinajstić information content (AvgIpc) is 2.95. The molecule has 1 aromatic heterocycles. The highest BCUT2D eigenvalue weighted by Gasteiger charge is 2.06. The maximum Gasteiger partial charge on any atom is 0.252 e. The Balaban J connectivity index is 1.73. The Morgan fingerprint density at radius 1 is 1.15 bits per heavy atom. The third-order valence-corrected chi connectivity index (χ3v) is 3.44. The van der Waals surface area contributed by atoms with Crippen LogP contribution in [0, 0.1) is 6.92 Å². The lowest BCUT2D eigenvalue weighted by atomic mass is 10.2. The largest absolute Gasteiger partial charge is 0.351 e. The Kier molecular flexibility index (Phi) is 4.90. The second kappa shape index (κ2) is 6.86. The van der Waals surface area contributed by atoms with Crippen LogP contribution in [0.15, 0.2) is 41.1 Å². The van der Waals surface area contributed by atoms with Crippen LogP contribution in [0.2, 0.25) is 0 Å². The number of nitrogens with one attached hydrogen (secondary N) is 2. The van der Waals surface area contributed by atoms with Crippen molar-refractivity contribution in [2.45, 2.75) is 13.3 Å². The molecule has 4 nitrogen and oxygen atoms in total. The number of aryl methyl sites for hydroxylation is 1. The number of carbonyl (C=O) groups is 2. The van der Waals surface area contributed by atoms with Crippen LogP contribution in [0.3, 0.4) is 0 Å². The van der Waals surface area contributed by atoms with Crippen LogP contribution in [0.5, 0.6) is 0 Å². The van der Waals surface area contributed by atoms with E-state index in [-0.39, 0.29) is 18.2 Å². The molecule has 0 radical (unpaired) electrons. The van der Waals surface area contributed by atoms with Gasteiger partial charge in [-0.25, -0.2) is 0 Å². The van der Waals surface area contributed by atoms with E-state index in [2.05, 4.69) is 10.6 Å². The molecule has 2 amide bonds. The smallest absolute Gasteiger partial charge is 0.252 e. The summed E-state index contributed by atoms with van der Waals surface area (Å²) in [7, 11) is 0. The van der Waals surface area contributed by atoms with Crippen molar-refractivity contribution in [2.24, 2.45) is 0 Å². The molecule has 104 valence electrons. The van der Waals surface area contributed by atoms with Crippen LogP contribution in [0.1, 0.15) is 22.3 Å². The van der Waals surface area contributed by atoms with Crippen molar-refractivity contribution in [1.29, 1.82) is 0 Å². The predicted octanol–water partition coefficient (Wildman–Crippen LogP) is 2.82. The Hall–Kier alpha value is -2.14. The lowest BCUT2D eigenvalue weighted by molar-refractivity contribution is -0.116. The van der Waals surface area contributed by atoms with Gasteiger partial charge < -0.3 is 10.6 Å². The van der Waals surface area contributed by atoms with E-state index in [0.29, 0.717) is 12.1 Å². The van der Waals surface area contributed by atoms with Gasteiger partial charge in [-0.05, 0) is 30.5 Å². The number of rotatable bonds is 5. The summed E-state index contributed by atoms with van der Waals surface area (Å²) >= 11 is 1.47. The molecule has 0 fully saturated rings. The molecular formula is C15H16N2O2S. The van der Waals surface area contributed by atoms with Crippen LogP contribution in [-0.2, 0) is 4.79 Å². The van der Waals surface area contributed by atoms with Crippen LogP contribution in [-0.4, -0.2) is 18.4 Å². The van der Waals surface area contributed by atoms with Crippen LogP contribution in [0.4, 0.5) is 5.69 Å². The number of thiophene rings is 1. The summed E-state index contributed by atoms with van der Waals surface area (Å²) in [6, 6.07) is 9.35. The van der Waals surface area contributed by atoms with Crippen molar-refractivity contribution in [1.82, 2.24) is 5.32 Å². The Morgan fingerprint density at radius 3 is 2.55 bits per heavy atom. The zero-order valence-electron chi connectivity index (χ0n) is 11.2. The van der Waals surface area contributed by atoms with Gasteiger partial charge in [-0.2, -0.15) is 11.3 Å². The third-order valence-electron chi connectivity index (χ3n) is 2.76. The Bertz CT molecular complexity index is 576. The molecule has 2 rings (SSSR count). The van der Waals surface area contributed by atoms with E-state index in [4.69, 9.17) is 0 Å². The molecule has 20 heavy (non-hydrogen) atoms. The van der Waals surface area contributed by atoms with E-state index in [1.54, 1.807) is 11.4 Å². The van der Waals surface area contributed by atoms with E-state index in [0.717, 1.165) is 11.3 Å². The van der Waals surface area contributed by atoms with Gasteiger partial charge >= 0.3 is 0 Å². The maximum atomic E-state index is 11.7. The van der Waals surface area contributed by atoms with Gasteiger partial charge in [0.15, 0.2) is 0 Å². The van der Waals surface area contributed by atoms with Gasteiger partial charge in [0.1, 0.15) is 0 Å². The van der Waals surface area contributed by atoms with Crippen molar-refractivity contribution >= 4 is 28.8 Å². The van der Waals surface area contributed by atoms with Gasteiger partial charge in [-0.15, -0.1) is 0 Å². The minimum atomic E-state index is -0.144. The van der Waals surface area contributed by atoms with E-state index in [1.807, 2.05) is 36.6 Å². The second-order valence-corrected chi connectivity index (χ2v) is 5.21. The first-order valence-corrected chi connectivity index (χ1v) is 7.26. The third kappa shape index (κ3) is 4.20. The SMILES string of the molecule is Cc1ccc(NC(=O)CCNC(=O)c2ccsc2)cc1. The predicted molar refractivity (Wildman–Crippen MR) is 81.1 cm³/mol. The maximum absolute atomic E-state index is 11.7. The molecule has 0 atom stereocenters. The average molecular weight is 288 g/mol. The first kappa shape index (κ1) is 14.3. The standard InChI is InChI=1S/C15H16N2O2S/c1-11-2-4-13(5-3-11)17-14(18)6-8-16-15(19)12-7-9-20-10-12/h2-5,7,9-10H,6,8H2,1H3,(H,16,19)(H,17,18). The van der Waals surface area contributed by atoms with Crippen LogP contribution in [0.25, 0.3) is 0 Å². The Morgan fingerprint density at radius 2 is 1.90 bits per heavy atom. The molecule has 0 bridgehead atoms. The molecule has 0 aliphatic carbocycles. The number of benzene rings is 1. The van der Waals surface area contributed by atoms with Gasteiger partial charge in [0.2, 0.25) is 5.91 Å². The molecular weight excluding hydrogens is 272 g/mol. The fourth-order valence-electron chi connectivity index (χ4n) is 1.65. The van der Waals surface area contributed by atoms with Crippen LogP contribution >= 0.6 is 11.3 Å². The monoisotopic (exact) mass is 288 g/mol. The van der Waals surface area contributed by atoms with Crippen molar-refractivity contribution < 1.29 is 9.59 Å². The van der Waals surface area contributed by atoms with E-state index < -0.39 is 0 Å².